The molecule has 0 saturated heterocycles. The molecule has 1 unspecified atom stereocenters. The van der Waals surface area contributed by atoms with Gasteiger partial charge in [0.05, 0.1) is 22.1 Å². The molecule has 7 nitrogen and oxygen atoms in total. The van der Waals surface area contributed by atoms with E-state index < -0.39 is 21.1 Å². The van der Waals surface area contributed by atoms with E-state index in [9.17, 15) is 17.4 Å². The average molecular weight is 551 g/mol. The maximum atomic E-state index is 12.9. The number of hydrogen-bond donors (Lipinski definition) is 1. The SMILES string of the molecule is Cc1ccc(S(=O)OC/C=C\CN2C=C[C@@H](c3ccccc3NS(=O)(=O)c3ccc(C)cc3)CC2=O)cc1. The van der Waals surface area contributed by atoms with Crippen molar-refractivity contribution in [2.75, 3.05) is 17.9 Å². The van der Waals surface area contributed by atoms with Crippen LogP contribution in [0.2, 0.25) is 0 Å². The molecule has 0 spiro atoms. The van der Waals surface area contributed by atoms with Gasteiger partial charge >= 0.3 is 0 Å². The molecule has 1 aliphatic heterocycles. The van der Waals surface area contributed by atoms with E-state index in [1.807, 2.05) is 44.2 Å². The summed E-state index contributed by atoms with van der Waals surface area (Å²) < 4.78 is 46.1. The molecule has 4 rings (SSSR count). The van der Waals surface area contributed by atoms with Crippen LogP contribution in [0.4, 0.5) is 5.69 Å². The van der Waals surface area contributed by atoms with Crippen LogP contribution < -0.4 is 4.72 Å². The molecule has 0 saturated carbocycles. The minimum atomic E-state index is -3.77. The van der Waals surface area contributed by atoms with Gasteiger partial charge in [0.2, 0.25) is 5.91 Å². The van der Waals surface area contributed by atoms with E-state index in [0.29, 0.717) is 17.1 Å². The van der Waals surface area contributed by atoms with Gasteiger partial charge in [-0.25, -0.2) is 12.6 Å². The summed E-state index contributed by atoms with van der Waals surface area (Å²) in [5, 5.41) is 0. The summed E-state index contributed by atoms with van der Waals surface area (Å²) in [6, 6.07) is 21.1. The van der Waals surface area contributed by atoms with Gasteiger partial charge in [0, 0.05) is 25.1 Å². The first kappa shape index (κ1) is 27.5. The Bertz CT molecular complexity index is 1460. The molecule has 9 heteroatoms. The lowest BCUT2D eigenvalue weighted by Crippen LogP contribution is -2.30. The molecule has 3 aromatic carbocycles. The molecule has 1 aliphatic rings. The fourth-order valence-electron chi connectivity index (χ4n) is 3.95. The van der Waals surface area contributed by atoms with Gasteiger partial charge in [0.1, 0.15) is 0 Å². The Morgan fingerprint density at radius 2 is 1.63 bits per heavy atom. The third-order valence-corrected chi connectivity index (χ3v) is 8.49. The number of allylic oxidation sites excluding steroid dienone is 1. The van der Waals surface area contributed by atoms with Crippen LogP contribution in [0.1, 0.15) is 29.0 Å². The van der Waals surface area contributed by atoms with E-state index in [4.69, 9.17) is 4.18 Å². The van der Waals surface area contributed by atoms with E-state index >= 15 is 0 Å². The fourth-order valence-corrected chi connectivity index (χ4v) is 5.73. The number of carbonyl (C=O) groups is 1. The van der Waals surface area contributed by atoms with Crippen molar-refractivity contribution < 1.29 is 21.6 Å². The Hall–Kier alpha value is -3.53. The minimum Gasteiger partial charge on any atom is -0.316 e. The van der Waals surface area contributed by atoms with E-state index in [-0.39, 0.29) is 29.7 Å². The van der Waals surface area contributed by atoms with Crippen LogP contribution in [-0.2, 0) is 30.1 Å². The van der Waals surface area contributed by atoms with Gasteiger partial charge in [-0.1, -0.05) is 71.8 Å². The van der Waals surface area contributed by atoms with Gasteiger partial charge in [-0.3, -0.25) is 13.7 Å². The minimum absolute atomic E-state index is 0.0810. The van der Waals surface area contributed by atoms with Crippen molar-refractivity contribution in [2.24, 2.45) is 0 Å². The zero-order valence-electron chi connectivity index (χ0n) is 21.2. The van der Waals surface area contributed by atoms with Crippen molar-refractivity contribution in [3.8, 4) is 0 Å². The molecular formula is C29H30N2O5S2. The van der Waals surface area contributed by atoms with Gasteiger partial charge in [-0.2, -0.15) is 0 Å². The third kappa shape index (κ3) is 7.06. The molecule has 1 N–H and O–H groups in total. The largest absolute Gasteiger partial charge is 0.316 e. The maximum Gasteiger partial charge on any atom is 0.261 e. The van der Waals surface area contributed by atoms with E-state index in [1.165, 1.54) is 0 Å². The van der Waals surface area contributed by atoms with Crippen LogP contribution in [0.3, 0.4) is 0 Å². The summed E-state index contributed by atoms with van der Waals surface area (Å²) >= 11 is -1.55. The smallest absolute Gasteiger partial charge is 0.261 e. The number of hydrogen-bond acceptors (Lipinski definition) is 5. The number of benzene rings is 3. The monoisotopic (exact) mass is 550 g/mol. The van der Waals surface area contributed by atoms with Crippen LogP contribution in [0.15, 0.2) is 107 Å². The zero-order valence-corrected chi connectivity index (χ0v) is 22.9. The highest BCUT2D eigenvalue weighted by atomic mass is 32.2. The lowest BCUT2D eigenvalue weighted by molar-refractivity contribution is -0.129. The number of sulfonamides is 1. The van der Waals surface area contributed by atoms with Crippen molar-refractivity contribution in [1.29, 1.82) is 0 Å². The predicted molar refractivity (Wildman–Crippen MR) is 149 cm³/mol. The molecule has 0 aromatic heterocycles. The lowest BCUT2D eigenvalue weighted by Gasteiger charge is -2.26. The second kappa shape index (κ2) is 12.3. The summed E-state index contributed by atoms with van der Waals surface area (Å²) in [6.45, 7) is 4.36. The Kier molecular flexibility index (Phi) is 8.93. The fraction of sp³-hybridized carbons (Fsp3) is 0.207. The summed E-state index contributed by atoms with van der Waals surface area (Å²) in [4.78, 5) is 15.2. The molecule has 0 bridgehead atoms. The summed E-state index contributed by atoms with van der Waals surface area (Å²) in [5.41, 5.74) is 3.23. The van der Waals surface area contributed by atoms with E-state index in [2.05, 4.69) is 4.72 Å². The van der Waals surface area contributed by atoms with Crippen molar-refractivity contribution in [3.63, 3.8) is 0 Å². The highest BCUT2D eigenvalue weighted by Gasteiger charge is 2.25. The Morgan fingerprint density at radius 1 is 0.974 bits per heavy atom. The highest BCUT2D eigenvalue weighted by Crippen LogP contribution is 2.32. The van der Waals surface area contributed by atoms with Crippen molar-refractivity contribution in [1.82, 2.24) is 4.90 Å². The van der Waals surface area contributed by atoms with Gasteiger partial charge in [0.15, 0.2) is 11.1 Å². The van der Waals surface area contributed by atoms with Crippen LogP contribution in [0.25, 0.3) is 0 Å². The van der Waals surface area contributed by atoms with E-state index in [1.54, 1.807) is 71.8 Å². The molecular weight excluding hydrogens is 520 g/mol. The van der Waals surface area contributed by atoms with Crippen LogP contribution in [-0.4, -0.2) is 36.6 Å². The second-order valence-corrected chi connectivity index (χ2v) is 11.9. The third-order valence-electron chi connectivity index (χ3n) is 6.10. The number of aryl methyl sites for hydroxylation is 2. The number of amides is 1. The second-order valence-electron chi connectivity index (χ2n) is 9.01. The number of rotatable bonds is 10. The van der Waals surface area contributed by atoms with Crippen molar-refractivity contribution in [3.05, 3.63) is 114 Å². The highest BCUT2D eigenvalue weighted by molar-refractivity contribution is 7.92. The van der Waals surface area contributed by atoms with Crippen LogP contribution in [0.5, 0.6) is 0 Å². The van der Waals surface area contributed by atoms with Crippen molar-refractivity contribution >= 4 is 32.7 Å². The predicted octanol–water partition coefficient (Wildman–Crippen LogP) is 5.23. The standard InChI is InChI=1S/C29H30N2O5S2/c1-22-9-13-25(14-10-22)37(33)36-20-6-5-18-31-19-17-24(21-29(31)32)27-7-3-4-8-28(27)30-38(34,35)26-15-11-23(2)12-16-26/h3-17,19,24,30H,18,20-21H2,1-2H3/b6-5-/t24-,37?/m1/s1. The van der Waals surface area contributed by atoms with Gasteiger partial charge in [-0.05, 0) is 49.7 Å². The molecule has 1 heterocycles. The van der Waals surface area contributed by atoms with Crippen LogP contribution in [0, 0.1) is 13.8 Å². The van der Waals surface area contributed by atoms with Crippen LogP contribution >= 0.6 is 0 Å². The summed E-state index contributed by atoms with van der Waals surface area (Å²) in [5.74, 6) is -0.345. The first-order valence-corrected chi connectivity index (χ1v) is 14.7. The average Bonchev–Trinajstić information content (AvgIpc) is 2.90. The summed E-state index contributed by atoms with van der Waals surface area (Å²) in [7, 11) is -3.77. The molecule has 0 radical (unpaired) electrons. The molecule has 2 atom stereocenters. The Balaban J connectivity index is 1.35. The Labute approximate surface area is 226 Å². The van der Waals surface area contributed by atoms with Gasteiger partial charge in [-0.15, -0.1) is 0 Å². The molecule has 1 amide bonds. The van der Waals surface area contributed by atoms with E-state index in [0.717, 1.165) is 16.7 Å². The Morgan fingerprint density at radius 3 is 2.32 bits per heavy atom. The first-order chi connectivity index (χ1) is 18.2. The first-order valence-electron chi connectivity index (χ1n) is 12.2. The molecule has 0 fully saturated rings. The number of para-hydroxylation sites is 1. The number of carbonyl (C=O) groups excluding carboxylic acids is 1. The number of nitrogens with zero attached hydrogens (tertiary/aromatic N) is 1. The zero-order chi connectivity index (χ0) is 27.1. The number of nitrogens with one attached hydrogen (secondary N) is 1. The van der Waals surface area contributed by atoms with Gasteiger partial charge in [0.25, 0.3) is 10.0 Å². The molecule has 0 aliphatic carbocycles. The molecule has 38 heavy (non-hydrogen) atoms. The topological polar surface area (TPSA) is 92.8 Å². The quantitative estimate of drug-likeness (QED) is 0.349. The normalized spacial score (nSPS) is 16.6. The number of anilines is 1. The van der Waals surface area contributed by atoms with Gasteiger partial charge < -0.3 is 4.90 Å². The van der Waals surface area contributed by atoms with Crippen molar-refractivity contribution in [2.45, 2.75) is 36.0 Å². The molecule has 198 valence electrons. The maximum absolute atomic E-state index is 12.9. The molecule has 3 aromatic rings. The summed E-state index contributed by atoms with van der Waals surface area (Å²) in [6.07, 6.45) is 7.35. The lowest BCUT2D eigenvalue weighted by atomic mass is 9.92.